The van der Waals surface area contributed by atoms with Crippen molar-refractivity contribution in [1.82, 2.24) is 14.3 Å². The van der Waals surface area contributed by atoms with Crippen LogP contribution in [0.2, 0.25) is 0 Å². The van der Waals surface area contributed by atoms with Crippen molar-refractivity contribution in [3.8, 4) is 0 Å². The van der Waals surface area contributed by atoms with Crippen LogP contribution in [-0.4, -0.2) is 14.3 Å². The minimum Gasteiger partial charge on any atom is -0.314 e. The van der Waals surface area contributed by atoms with Gasteiger partial charge in [-0.05, 0) is 24.6 Å². The molecule has 2 aromatic rings. The Morgan fingerprint density at radius 3 is 2.87 bits per heavy atom. The summed E-state index contributed by atoms with van der Waals surface area (Å²) in [6, 6.07) is 5.45. The summed E-state index contributed by atoms with van der Waals surface area (Å²) in [4.78, 5) is 11.5. The lowest BCUT2D eigenvalue weighted by Crippen LogP contribution is -2.21. The van der Waals surface area contributed by atoms with Gasteiger partial charge in [-0.25, -0.2) is 0 Å². The van der Waals surface area contributed by atoms with Crippen molar-refractivity contribution >= 4 is 0 Å². The fourth-order valence-electron chi connectivity index (χ4n) is 1.43. The molecule has 0 aliphatic rings. The predicted octanol–water partition coefficient (Wildman–Crippen LogP) is 1.05. The molecule has 15 heavy (non-hydrogen) atoms. The van der Waals surface area contributed by atoms with Crippen LogP contribution in [0.25, 0.3) is 0 Å². The molecule has 2 heterocycles. The standard InChI is InChI=1S/C11H13N3O/c1-10-3-6-13(11(15)9-10)7-8-14-5-2-4-12-14/h2-6,9H,7-8H2,1H3. The molecule has 4 nitrogen and oxygen atoms in total. The highest BCUT2D eigenvalue weighted by Crippen LogP contribution is 1.92. The van der Waals surface area contributed by atoms with Gasteiger partial charge in [0.25, 0.3) is 5.56 Å². The van der Waals surface area contributed by atoms with Gasteiger partial charge in [-0.15, -0.1) is 0 Å². The first kappa shape index (κ1) is 9.71. The molecule has 0 aliphatic heterocycles. The van der Waals surface area contributed by atoms with Crippen LogP contribution in [0.4, 0.5) is 0 Å². The fraction of sp³-hybridized carbons (Fsp3) is 0.273. The molecule has 0 atom stereocenters. The highest BCUT2D eigenvalue weighted by Gasteiger charge is 1.96. The predicted molar refractivity (Wildman–Crippen MR) is 57.7 cm³/mol. The number of hydrogen-bond donors (Lipinski definition) is 0. The summed E-state index contributed by atoms with van der Waals surface area (Å²) in [5, 5.41) is 4.08. The second kappa shape index (κ2) is 4.13. The molecule has 0 aromatic carbocycles. The lowest BCUT2D eigenvalue weighted by Gasteiger charge is -2.05. The summed E-state index contributed by atoms with van der Waals surface area (Å²) >= 11 is 0. The zero-order chi connectivity index (χ0) is 10.7. The van der Waals surface area contributed by atoms with Crippen molar-refractivity contribution in [2.24, 2.45) is 0 Å². The van der Waals surface area contributed by atoms with Crippen LogP contribution in [0.3, 0.4) is 0 Å². The zero-order valence-corrected chi connectivity index (χ0v) is 8.63. The highest BCUT2D eigenvalue weighted by molar-refractivity contribution is 5.07. The lowest BCUT2D eigenvalue weighted by atomic mass is 10.3. The molecule has 78 valence electrons. The number of pyridine rings is 1. The van der Waals surface area contributed by atoms with Crippen molar-refractivity contribution in [3.63, 3.8) is 0 Å². The molecule has 0 radical (unpaired) electrons. The van der Waals surface area contributed by atoms with Gasteiger partial charge in [0.1, 0.15) is 0 Å². The van der Waals surface area contributed by atoms with Gasteiger partial charge in [0.15, 0.2) is 0 Å². The number of aromatic nitrogens is 3. The van der Waals surface area contributed by atoms with Crippen molar-refractivity contribution in [1.29, 1.82) is 0 Å². The number of hydrogen-bond acceptors (Lipinski definition) is 2. The topological polar surface area (TPSA) is 39.8 Å². The van der Waals surface area contributed by atoms with Crippen LogP contribution in [0.15, 0.2) is 41.6 Å². The maximum Gasteiger partial charge on any atom is 0.250 e. The second-order valence-corrected chi connectivity index (χ2v) is 3.50. The van der Waals surface area contributed by atoms with Crippen LogP contribution >= 0.6 is 0 Å². The van der Waals surface area contributed by atoms with Crippen molar-refractivity contribution < 1.29 is 0 Å². The van der Waals surface area contributed by atoms with Crippen molar-refractivity contribution in [3.05, 3.63) is 52.7 Å². The van der Waals surface area contributed by atoms with E-state index >= 15 is 0 Å². The molecule has 2 aromatic heterocycles. The van der Waals surface area contributed by atoms with Gasteiger partial charge in [0, 0.05) is 31.2 Å². The van der Waals surface area contributed by atoms with Crippen molar-refractivity contribution in [2.45, 2.75) is 20.0 Å². The van der Waals surface area contributed by atoms with Gasteiger partial charge in [-0.1, -0.05) is 0 Å². The third kappa shape index (κ3) is 2.34. The molecule has 0 unspecified atom stereocenters. The first-order valence-corrected chi connectivity index (χ1v) is 4.90. The third-order valence-corrected chi connectivity index (χ3v) is 2.28. The Labute approximate surface area is 87.8 Å². The first-order valence-electron chi connectivity index (χ1n) is 4.90. The summed E-state index contributed by atoms with van der Waals surface area (Å²) in [5.41, 5.74) is 1.04. The minimum atomic E-state index is 0.0437. The minimum absolute atomic E-state index is 0.0437. The van der Waals surface area contributed by atoms with E-state index in [1.807, 2.05) is 36.1 Å². The molecule has 0 saturated heterocycles. The van der Waals surface area contributed by atoms with E-state index in [0.717, 1.165) is 12.1 Å². The van der Waals surface area contributed by atoms with E-state index in [1.165, 1.54) is 0 Å². The average molecular weight is 203 g/mol. The summed E-state index contributed by atoms with van der Waals surface area (Å²) < 4.78 is 3.50. The van der Waals surface area contributed by atoms with E-state index in [4.69, 9.17) is 0 Å². The molecule has 2 rings (SSSR count). The molecule has 0 amide bonds. The molecule has 0 bridgehead atoms. The molecule has 0 aliphatic carbocycles. The first-order chi connectivity index (χ1) is 7.25. The van der Waals surface area contributed by atoms with Crippen molar-refractivity contribution in [2.75, 3.05) is 0 Å². The highest BCUT2D eigenvalue weighted by atomic mass is 16.1. The summed E-state index contributed by atoms with van der Waals surface area (Å²) in [6.45, 7) is 3.29. The largest absolute Gasteiger partial charge is 0.314 e. The van der Waals surface area contributed by atoms with Gasteiger partial charge in [0.2, 0.25) is 0 Å². The third-order valence-electron chi connectivity index (χ3n) is 2.28. The monoisotopic (exact) mass is 203 g/mol. The van der Waals surface area contributed by atoms with Crippen LogP contribution in [0.1, 0.15) is 5.56 Å². The number of rotatable bonds is 3. The van der Waals surface area contributed by atoms with Gasteiger partial charge in [-0.3, -0.25) is 9.48 Å². The van der Waals surface area contributed by atoms with Crippen LogP contribution in [0, 0.1) is 6.92 Å². The Morgan fingerprint density at radius 2 is 2.20 bits per heavy atom. The Morgan fingerprint density at radius 1 is 1.33 bits per heavy atom. The van der Waals surface area contributed by atoms with Crippen LogP contribution < -0.4 is 5.56 Å². The van der Waals surface area contributed by atoms with Gasteiger partial charge in [-0.2, -0.15) is 5.10 Å². The quantitative estimate of drug-likeness (QED) is 0.748. The van der Waals surface area contributed by atoms with Gasteiger partial charge in [0.05, 0.1) is 6.54 Å². The number of aryl methyl sites for hydroxylation is 3. The molecule has 0 fully saturated rings. The fourth-order valence-corrected chi connectivity index (χ4v) is 1.43. The normalized spacial score (nSPS) is 10.5. The summed E-state index contributed by atoms with van der Waals surface area (Å²) in [5.74, 6) is 0. The van der Waals surface area contributed by atoms with E-state index in [-0.39, 0.29) is 5.56 Å². The summed E-state index contributed by atoms with van der Waals surface area (Å²) in [7, 11) is 0. The van der Waals surface area contributed by atoms with Gasteiger partial charge >= 0.3 is 0 Å². The second-order valence-electron chi connectivity index (χ2n) is 3.50. The van der Waals surface area contributed by atoms with Crippen LogP contribution in [0.5, 0.6) is 0 Å². The smallest absolute Gasteiger partial charge is 0.250 e. The van der Waals surface area contributed by atoms with E-state index < -0.39 is 0 Å². The number of nitrogens with zero attached hydrogens (tertiary/aromatic N) is 3. The molecule has 0 saturated carbocycles. The Bertz CT molecular complexity index is 485. The average Bonchev–Trinajstić information content (AvgIpc) is 2.69. The Balaban J connectivity index is 2.09. The molecule has 0 spiro atoms. The maximum absolute atomic E-state index is 11.5. The zero-order valence-electron chi connectivity index (χ0n) is 8.63. The lowest BCUT2D eigenvalue weighted by molar-refractivity contribution is 0.523. The van der Waals surface area contributed by atoms with E-state index in [9.17, 15) is 4.79 Å². The summed E-state index contributed by atoms with van der Waals surface area (Å²) in [6.07, 6.45) is 5.44. The molecule has 0 N–H and O–H groups in total. The molecular formula is C11H13N3O. The van der Waals surface area contributed by atoms with Crippen LogP contribution in [-0.2, 0) is 13.1 Å². The Hall–Kier alpha value is -1.84. The SMILES string of the molecule is Cc1ccn(CCn2cccn2)c(=O)c1. The van der Waals surface area contributed by atoms with Gasteiger partial charge < -0.3 is 4.57 Å². The Kier molecular flexibility index (Phi) is 2.67. The van der Waals surface area contributed by atoms with E-state index in [2.05, 4.69) is 5.10 Å². The van der Waals surface area contributed by atoms with E-state index in [1.54, 1.807) is 16.8 Å². The molecular weight excluding hydrogens is 190 g/mol. The van der Waals surface area contributed by atoms with E-state index in [0.29, 0.717) is 6.54 Å². The maximum atomic E-state index is 11.5. The molecule has 4 heteroatoms.